The minimum atomic E-state index is -0.759. The van der Waals surface area contributed by atoms with Crippen LogP contribution in [0.25, 0.3) is 0 Å². The van der Waals surface area contributed by atoms with Crippen LogP contribution in [0.2, 0.25) is 0 Å². The number of nitrogens with one attached hydrogen (secondary N) is 1. The van der Waals surface area contributed by atoms with Gasteiger partial charge in [-0.25, -0.2) is 4.39 Å². The molecule has 1 amide bonds. The van der Waals surface area contributed by atoms with Crippen molar-refractivity contribution < 1.29 is 14.1 Å². The van der Waals surface area contributed by atoms with Crippen LogP contribution < -0.4 is 11.1 Å². The number of hydrogen-bond acceptors (Lipinski definition) is 4. The first-order valence-corrected chi connectivity index (χ1v) is 5.58. The van der Waals surface area contributed by atoms with Crippen LogP contribution in [-0.4, -0.2) is 10.8 Å². The molecule has 2 aromatic rings. The lowest BCUT2D eigenvalue weighted by atomic mass is 10.1. The highest BCUT2D eigenvalue weighted by atomic mass is 19.1. The Kier molecular flexibility index (Phi) is 3.60. The van der Waals surface area contributed by atoms with Crippen LogP contribution in [-0.2, 0) is 0 Å². The van der Waals surface area contributed by atoms with Gasteiger partial charge in [0.15, 0.2) is 0 Å². The summed E-state index contributed by atoms with van der Waals surface area (Å²) in [4.78, 5) is 21.4. The number of hydrogen-bond donors (Lipinski definition) is 2. The van der Waals surface area contributed by atoms with E-state index in [1.54, 1.807) is 6.07 Å². The molecule has 0 spiro atoms. The van der Waals surface area contributed by atoms with E-state index in [0.29, 0.717) is 5.69 Å². The molecule has 3 N–H and O–H groups in total. The van der Waals surface area contributed by atoms with E-state index in [9.17, 15) is 19.3 Å². The Morgan fingerprint density at radius 1 is 1.25 bits per heavy atom. The average Bonchev–Trinajstić information content (AvgIpc) is 2.38. The van der Waals surface area contributed by atoms with Gasteiger partial charge >= 0.3 is 0 Å². The monoisotopic (exact) mass is 275 g/mol. The zero-order valence-electron chi connectivity index (χ0n) is 10.2. The van der Waals surface area contributed by atoms with Gasteiger partial charge in [0.05, 0.1) is 4.92 Å². The van der Waals surface area contributed by atoms with Gasteiger partial charge in [-0.05, 0) is 30.3 Å². The van der Waals surface area contributed by atoms with E-state index in [-0.39, 0.29) is 16.9 Å². The molecule has 0 heterocycles. The van der Waals surface area contributed by atoms with Gasteiger partial charge in [0, 0.05) is 17.3 Å². The average molecular weight is 275 g/mol. The summed E-state index contributed by atoms with van der Waals surface area (Å²) in [5, 5.41) is 13.7. The summed E-state index contributed by atoms with van der Waals surface area (Å²) >= 11 is 0. The molecule has 0 unspecified atom stereocenters. The SMILES string of the molecule is NC(=O)c1ccc(Nc2cccc(F)c2)c([N+](=O)[O-])c1. The minimum absolute atomic E-state index is 0.0292. The van der Waals surface area contributed by atoms with Crippen molar-refractivity contribution in [1.82, 2.24) is 0 Å². The predicted octanol–water partition coefficient (Wildman–Crippen LogP) is 2.58. The summed E-state index contributed by atoms with van der Waals surface area (Å²) in [5.74, 6) is -1.23. The number of halogens is 1. The Morgan fingerprint density at radius 2 is 2.00 bits per heavy atom. The van der Waals surface area contributed by atoms with E-state index >= 15 is 0 Å². The number of carbonyl (C=O) groups is 1. The molecule has 0 aliphatic heterocycles. The number of nitro groups is 1. The maximum Gasteiger partial charge on any atom is 0.293 e. The smallest absolute Gasteiger partial charge is 0.293 e. The molecule has 0 aliphatic rings. The number of anilines is 2. The van der Waals surface area contributed by atoms with Gasteiger partial charge in [0.1, 0.15) is 11.5 Å². The standard InChI is InChI=1S/C13H10FN3O3/c14-9-2-1-3-10(7-9)16-11-5-4-8(13(15)18)6-12(11)17(19)20/h1-7,16H,(H2,15,18). The van der Waals surface area contributed by atoms with E-state index in [0.717, 1.165) is 6.07 Å². The molecule has 20 heavy (non-hydrogen) atoms. The van der Waals surface area contributed by atoms with E-state index in [4.69, 9.17) is 5.73 Å². The molecule has 7 heteroatoms. The number of rotatable bonds is 4. The third-order valence-electron chi connectivity index (χ3n) is 2.58. The number of benzene rings is 2. The van der Waals surface area contributed by atoms with Crippen molar-refractivity contribution in [3.63, 3.8) is 0 Å². The van der Waals surface area contributed by atoms with Gasteiger partial charge in [0.2, 0.25) is 5.91 Å². The van der Waals surface area contributed by atoms with Gasteiger partial charge in [-0.3, -0.25) is 14.9 Å². The lowest BCUT2D eigenvalue weighted by molar-refractivity contribution is -0.383. The highest BCUT2D eigenvalue weighted by Gasteiger charge is 2.16. The number of nitrogens with zero attached hydrogens (tertiary/aromatic N) is 1. The largest absolute Gasteiger partial charge is 0.366 e. The summed E-state index contributed by atoms with van der Waals surface area (Å²) < 4.78 is 13.1. The van der Waals surface area contributed by atoms with Gasteiger partial charge in [-0.1, -0.05) is 6.07 Å². The summed E-state index contributed by atoms with van der Waals surface area (Å²) in [6, 6.07) is 9.28. The number of carbonyl (C=O) groups excluding carboxylic acids is 1. The van der Waals surface area contributed by atoms with Crippen molar-refractivity contribution in [3.8, 4) is 0 Å². The van der Waals surface area contributed by atoms with Crippen LogP contribution in [0.1, 0.15) is 10.4 Å². The van der Waals surface area contributed by atoms with Crippen molar-refractivity contribution in [2.24, 2.45) is 5.73 Å². The van der Waals surface area contributed by atoms with Crippen LogP contribution in [0.15, 0.2) is 42.5 Å². The van der Waals surface area contributed by atoms with Crippen molar-refractivity contribution in [3.05, 3.63) is 64.0 Å². The second kappa shape index (κ2) is 5.35. The topological polar surface area (TPSA) is 98.3 Å². The quantitative estimate of drug-likeness (QED) is 0.661. The summed E-state index contributed by atoms with van der Waals surface area (Å²) in [6.45, 7) is 0. The van der Waals surface area contributed by atoms with E-state index in [1.807, 2.05) is 0 Å². The fourth-order valence-electron chi connectivity index (χ4n) is 1.66. The molecule has 0 atom stereocenters. The second-order valence-corrected chi connectivity index (χ2v) is 3.99. The molecule has 102 valence electrons. The zero-order chi connectivity index (χ0) is 14.7. The normalized spacial score (nSPS) is 10.1. The van der Waals surface area contributed by atoms with Crippen molar-refractivity contribution in [1.29, 1.82) is 0 Å². The van der Waals surface area contributed by atoms with Gasteiger partial charge < -0.3 is 11.1 Å². The van der Waals surface area contributed by atoms with E-state index in [2.05, 4.69) is 5.32 Å². The van der Waals surface area contributed by atoms with Crippen LogP contribution in [0, 0.1) is 15.9 Å². The van der Waals surface area contributed by atoms with E-state index < -0.39 is 16.6 Å². The van der Waals surface area contributed by atoms with Crippen molar-refractivity contribution in [2.45, 2.75) is 0 Å². The molecule has 0 fully saturated rings. The second-order valence-electron chi connectivity index (χ2n) is 3.99. The lowest BCUT2D eigenvalue weighted by Gasteiger charge is -2.08. The van der Waals surface area contributed by atoms with Gasteiger partial charge in [0.25, 0.3) is 5.69 Å². The highest BCUT2D eigenvalue weighted by molar-refractivity contribution is 5.94. The summed E-state index contributed by atoms with van der Waals surface area (Å²) in [7, 11) is 0. The Labute approximate surface area is 113 Å². The Balaban J connectivity index is 2.41. The first kappa shape index (κ1) is 13.5. The maximum absolute atomic E-state index is 13.1. The summed E-state index contributed by atoms with van der Waals surface area (Å²) in [5.41, 5.74) is 5.29. The number of nitrogens with two attached hydrogens (primary N) is 1. The molecule has 0 saturated carbocycles. The van der Waals surface area contributed by atoms with E-state index in [1.165, 1.54) is 30.3 Å². The van der Waals surface area contributed by atoms with Gasteiger partial charge in [-0.2, -0.15) is 0 Å². The Bertz CT molecular complexity index is 688. The third kappa shape index (κ3) is 2.89. The molecular formula is C13H10FN3O3. The Hall–Kier alpha value is -2.96. The Morgan fingerprint density at radius 3 is 2.60 bits per heavy atom. The zero-order valence-corrected chi connectivity index (χ0v) is 10.2. The fourth-order valence-corrected chi connectivity index (χ4v) is 1.66. The molecule has 0 bridgehead atoms. The molecular weight excluding hydrogens is 265 g/mol. The van der Waals surface area contributed by atoms with Crippen LogP contribution in [0.3, 0.4) is 0 Å². The predicted molar refractivity (Wildman–Crippen MR) is 71.3 cm³/mol. The van der Waals surface area contributed by atoms with Crippen molar-refractivity contribution in [2.75, 3.05) is 5.32 Å². The molecule has 2 aromatic carbocycles. The number of primary amides is 1. The minimum Gasteiger partial charge on any atom is -0.366 e. The van der Waals surface area contributed by atoms with Crippen LogP contribution in [0.5, 0.6) is 0 Å². The summed E-state index contributed by atoms with van der Waals surface area (Å²) in [6.07, 6.45) is 0. The number of nitro benzene ring substituents is 1. The molecule has 2 rings (SSSR count). The molecule has 0 radical (unpaired) electrons. The molecule has 0 aromatic heterocycles. The molecule has 0 saturated heterocycles. The van der Waals surface area contributed by atoms with Gasteiger partial charge in [-0.15, -0.1) is 0 Å². The molecule has 0 aliphatic carbocycles. The van der Waals surface area contributed by atoms with Crippen LogP contribution in [0.4, 0.5) is 21.5 Å². The van der Waals surface area contributed by atoms with Crippen molar-refractivity contribution >= 4 is 23.0 Å². The molecule has 6 nitrogen and oxygen atoms in total. The highest BCUT2D eigenvalue weighted by Crippen LogP contribution is 2.28. The maximum atomic E-state index is 13.1. The van der Waals surface area contributed by atoms with Crippen LogP contribution >= 0.6 is 0 Å². The lowest BCUT2D eigenvalue weighted by Crippen LogP contribution is -2.11. The fraction of sp³-hybridized carbons (Fsp3) is 0. The first-order chi connectivity index (χ1) is 9.47. The number of amides is 1. The first-order valence-electron chi connectivity index (χ1n) is 5.58. The third-order valence-corrected chi connectivity index (χ3v) is 2.58.